The van der Waals surface area contributed by atoms with Gasteiger partial charge in [-0.25, -0.2) is 4.79 Å². The number of esters is 1. The summed E-state index contributed by atoms with van der Waals surface area (Å²) in [6.45, 7) is 8.05. The van der Waals surface area contributed by atoms with E-state index in [1.807, 2.05) is 33.8 Å². The van der Waals surface area contributed by atoms with Crippen LogP contribution in [0.2, 0.25) is 0 Å². The predicted molar refractivity (Wildman–Crippen MR) is 85.5 cm³/mol. The summed E-state index contributed by atoms with van der Waals surface area (Å²) in [6.07, 6.45) is 3.19. The number of hydrogen-bond donors (Lipinski definition) is 0. The van der Waals surface area contributed by atoms with E-state index >= 15 is 0 Å². The zero-order chi connectivity index (χ0) is 16.1. The number of hydrogen-bond acceptors (Lipinski definition) is 4. The molecular weight excluding hydrogens is 279 g/mol. The molecule has 0 aromatic heterocycles. The minimum absolute atomic E-state index is 0.334. The van der Waals surface area contributed by atoms with Crippen LogP contribution in [-0.2, 0) is 26.9 Å². The zero-order valence-electron chi connectivity index (χ0n) is 14.0. The molecule has 0 spiro atoms. The highest BCUT2D eigenvalue weighted by Crippen LogP contribution is 2.37. The molecule has 0 N–H and O–H groups in total. The summed E-state index contributed by atoms with van der Waals surface area (Å²) in [6, 6.07) is 4.02. The lowest BCUT2D eigenvalue weighted by Crippen LogP contribution is -2.41. The molecule has 0 bridgehead atoms. The molecule has 0 saturated carbocycles. The fourth-order valence-corrected chi connectivity index (χ4v) is 3.09. The number of methoxy groups -OCH3 is 1. The molecule has 118 valence electrons. The highest BCUT2D eigenvalue weighted by molar-refractivity contribution is 6.63. The Balaban J connectivity index is 2.05. The van der Waals surface area contributed by atoms with Gasteiger partial charge in [0.2, 0.25) is 0 Å². The Morgan fingerprint density at radius 3 is 2.18 bits per heavy atom. The highest BCUT2D eigenvalue weighted by Gasteiger charge is 2.52. The maximum Gasteiger partial charge on any atom is 0.495 e. The quantitative estimate of drug-likeness (QED) is 0.621. The van der Waals surface area contributed by atoms with Crippen molar-refractivity contribution < 1.29 is 18.8 Å². The standard InChI is InChI=1S/C17H23BO4/c1-16(2)17(3,4)22-18(21-16)14-10-12-8-6-7-11(12)9-13(14)15(19)20-5/h9-10H,6-8H2,1-5H3. The largest absolute Gasteiger partial charge is 0.495 e. The van der Waals surface area contributed by atoms with Gasteiger partial charge in [-0.15, -0.1) is 0 Å². The minimum Gasteiger partial charge on any atom is -0.465 e. The van der Waals surface area contributed by atoms with Gasteiger partial charge in [-0.1, -0.05) is 6.07 Å². The monoisotopic (exact) mass is 302 g/mol. The van der Waals surface area contributed by atoms with Crippen LogP contribution in [0.5, 0.6) is 0 Å². The zero-order valence-corrected chi connectivity index (χ0v) is 14.0. The van der Waals surface area contributed by atoms with Gasteiger partial charge in [0.15, 0.2) is 0 Å². The minimum atomic E-state index is -0.537. The molecule has 4 nitrogen and oxygen atoms in total. The van der Waals surface area contributed by atoms with E-state index in [4.69, 9.17) is 14.0 Å². The van der Waals surface area contributed by atoms with Crippen molar-refractivity contribution in [2.75, 3.05) is 7.11 Å². The summed E-state index contributed by atoms with van der Waals surface area (Å²) in [5.41, 5.74) is 3.01. The van der Waals surface area contributed by atoms with Crippen molar-refractivity contribution >= 4 is 18.6 Å². The molecule has 3 rings (SSSR count). The molecule has 1 aromatic rings. The predicted octanol–water partition coefficient (Wildman–Crippen LogP) is 2.26. The van der Waals surface area contributed by atoms with Gasteiger partial charge in [0, 0.05) is 0 Å². The molecule has 1 fully saturated rings. The number of benzene rings is 1. The average molecular weight is 302 g/mol. The number of fused-ring (bicyclic) bond motifs is 1. The fourth-order valence-electron chi connectivity index (χ4n) is 3.09. The van der Waals surface area contributed by atoms with E-state index < -0.39 is 18.3 Å². The summed E-state index contributed by atoms with van der Waals surface area (Å²) in [4.78, 5) is 12.2. The summed E-state index contributed by atoms with van der Waals surface area (Å²) < 4.78 is 17.2. The number of ether oxygens (including phenoxy) is 1. The van der Waals surface area contributed by atoms with Crippen molar-refractivity contribution in [1.82, 2.24) is 0 Å². The third-order valence-corrected chi connectivity index (χ3v) is 5.18. The average Bonchev–Trinajstić information content (AvgIpc) is 2.98. The molecule has 0 unspecified atom stereocenters. The number of carbonyl (C=O) groups excluding carboxylic acids is 1. The van der Waals surface area contributed by atoms with E-state index in [1.54, 1.807) is 0 Å². The van der Waals surface area contributed by atoms with Crippen molar-refractivity contribution in [3.05, 3.63) is 28.8 Å². The van der Waals surface area contributed by atoms with Gasteiger partial charge in [-0.05, 0) is 69.6 Å². The molecule has 0 radical (unpaired) electrons. The maximum absolute atomic E-state index is 12.2. The van der Waals surface area contributed by atoms with Crippen molar-refractivity contribution in [3.63, 3.8) is 0 Å². The molecule has 1 heterocycles. The third kappa shape index (κ3) is 2.36. The summed E-state index contributed by atoms with van der Waals surface area (Å²) in [5, 5.41) is 0. The summed E-state index contributed by atoms with van der Waals surface area (Å²) in [7, 11) is 0.869. The van der Waals surface area contributed by atoms with Gasteiger partial charge in [-0.2, -0.15) is 0 Å². The van der Waals surface area contributed by atoms with Crippen LogP contribution in [0.1, 0.15) is 55.6 Å². The lowest BCUT2D eigenvalue weighted by atomic mass is 9.74. The lowest BCUT2D eigenvalue weighted by Gasteiger charge is -2.32. The Morgan fingerprint density at radius 1 is 1.09 bits per heavy atom. The molecule has 2 aliphatic rings. The van der Waals surface area contributed by atoms with E-state index in [0.29, 0.717) is 5.56 Å². The van der Waals surface area contributed by atoms with Crippen molar-refractivity contribution in [3.8, 4) is 0 Å². The van der Waals surface area contributed by atoms with Crippen molar-refractivity contribution in [2.45, 2.75) is 58.2 Å². The van der Waals surface area contributed by atoms with Gasteiger partial charge in [0.25, 0.3) is 0 Å². The first-order chi connectivity index (χ1) is 10.2. The molecule has 1 aromatic carbocycles. The van der Waals surface area contributed by atoms with E-state index in [2.05, 4.69) is 6.07 Å². The fraction of sp³-hybridized carbons (Fsp3) is 0.588. The Kier molecular flexibility index (Phi) is 3.61. The van der Waals surface area contributed by atoms with Crippen molar-refractivity contribution in [2.24, 2.45) is 0 Å². The number of rotatable bonds is 2. The van der Waals surface area contributed by atoms with E-state index in [-0.39, 0.29) is 5.97 Å². The van der Waals surface area contributed by atoms with Gasteiger partial charge < -0.3 is 14.0 Å². The van der Waals surface area contributed by atoms with Crippen LogP contribution in [0.15, 0.2) is 12.1 Å². The smallest absolute Gasteiger partial charge is 0.465 e. The maximum atomic E-state index is 12.2. The summed E-state index contributed by atoms with van der Waals surface area (Å²) in [5.74, 6) is -0.334. The van der Waals surface area contributed by atoms with E-state index in [0.717, 1.165) is 24.7 Å². The number of carbonyl (C=O) groups is 1. The van der Waals surface area contributed by atoms with Crippen LogP contribution in [0.4, 0.5) is 0 Å². The molecular formula is C17H23BO4. The third-order valence-electron chi connectivity index (χ3n) is 5.18. The molecule has 22 heavy (non-hydrogen) atoms. The first kappa shape index (κ1) is 15.6. The van der Waals surface area contributed by atoms with Crippen LogP contribution in [0.25, 0.3) is 0 Å². The molecule has 0 atom stereocenters. The topological polar surface area (TPSA) is 44.8 Å². The Morgan fingerprint density at radius 2 is 1.64 bits per heavy atom. The highest BCUT2D eigenvalue weighted by atomic mass is 16.7. The lowest BCUT2D eigenvalue weighted by molar-refractivity contribution is 0.00578. The Bertz CT molecular complexity index is 605. The van der Waals surface area contributed by atoms with Gasteiger partial charge in [0.05, 0.1) is 23.9 Å². The van der Waals surface area contributed by atoms with Crippen LogP contribution in [0.3, 0.4) is 0 Å². The first-order valence-corrected chi connectivity index (χ1v) is 7.85. The molecule has 5 heteroatoms. The van der Waals surface area contributed by atoms with Crippen LogP contribution in [-0.4, -0.2) is 31.4 Å². The second kappa shape index (κ2) is 5.10. The molecule has 1 aliphatic heterocycles. The van der Waals surface area contributed by atoms with Gasteiger partial charge in [-0.3, -0.25) is 0 Å². The Hall–Kier alpha value is -1.33. The number of aryl methyl sites for hydroxylation is 2. The van der Waals surface area contributed by atoms with Crippen LogP contribution >= 0.6 is 0 Å². The van der Waals surface area contributed by atoms with Crippen LogP contribution < -0.4 is 5.46 Å². The molecule has 1 saturated heterocycles. The molecule has 1 aliphatic carbocycles. The molecule has 0 amide bonds. The van der Waals surface area contributed by atoms with Crippen LogP contribution in [0, 0.1) is 0 Å². The van der Waals surface area contributed by atoms with E-state index in [9.17, 15) is 4.79 Å². The summed E-state index contributed by atoms with van der Waals surface area (Å²) >= 11 is 0. The van der Waals surface area contributed by atoms with Crippen molar-refractivity contribution in [1.29, 1.82) is 0 Å². The van der Waals surface area contributed by atoms with E-state index in [1.165, 1.54) is 18.2 Å². The van der Waals surface area contributed by atoms with Gasteiger partial charge in [0.1, 0.15) is 0 Å². The first-order valence-electron chi connectivity index (χ1n) is 7.85. The second-order valence-electron chi connectivity index (χ2n) is 7.14. The van der Waals surface area contributed by atoms with Gasteiger partial charge >= 0.3 is 13.1 Å². The SMILES string of the molecule is COC(=O)c1cc2c(cc1B1OC(C)(C)C(C)(C)O1)CCC2. The normalized spacial score (nSPS) is 21.8. The second-order valence-corrected chi connectivity index (χ2v) is 7.14. The Labute approximate surface area is 132 Å².